The summed E-state index contributed by atoms with van der Waals surface area (Å²) in [5.74, 6) is 0.438. The number of aliphatic hydroxyl groups excluding tert-OH is 1. The maximum atomic E-state index is 13.8. The molecular weight excluding hydrogens is 727 g/mol. The third kappa shape index (κ3) is 9.31. The molecule has 0 bridgehead atoms. The van der Waals surface area contributed by atoms with Crippen LogP contribution in [0, 0.1) is 5.92 Å². The van der Waals surface area contributed by atoms with Gasteiger partial charge in [-0.2, -0.15) is 0 Å². The van der Waals surface area contributed by atoms with Crippen LogP contribution in [0.25, 0.3) is 22.2 Å². The number of likely N-dealkylation sites (tertiary alicyclic amines) is 1. The zero-order valence-electron chi connectivity index (χ0n) is 33.8. The topological polar surface area (TPSA) is 126 Å². The lowest BCUT2D eigenvalue weighted by Gasteiger charge is -2.50. The lowest BCUT2D eigenvalue weighted by atomic mass is 9.75. The summed E-state index contributed by atoms with van der Waals surface area (Å²) in [6.45, 7) is 7.14. The Hall–Kier alpha value is -5.00. The van der Waals surface area contributed by atoms with Crippen molar-refractivity contribution in [3.8, 4) is 11.1 Å². The van der Waals surface area contributed by atoms with Crippen LogP contribution in [0.15, 0.2) is 103 Å². The molecule has 5 aromatic rings. The maximum absolute atomic E-state index is 13.8. The standard InChI is InChI=1S/C48H55N5O5/c1-48(2,3)52-46(56)43-24-23-34-10-4-7-14-42(34)53(43)29-38-26-44(35-17-15-31(30-54)16-18-35)58-47(57-38)36-21-19-33(20-22-36)37-11-8-9-32(25-37)27-50-45(55)41-28-49-39-12-5-6-13-40(39)51-41/h5-6,8-9,11-13,15-22,25,28,34,38,42-44,47,54H,4,7,10,14,23-24,26-27,29-30H2,1-3H3,(H,50,55)(H,52,56)/t34-,38-,42-,43-,44+,47+/m1/s1. The number of carbonyl (C=O) groups excluding carboxylic acids is 2. The normalized spacial score (nSPS) is 23.9. The minimum atomic E-state index is -0.608. The van der Waals surface area contributed by atoms with Crippen LogP contribution in [0.2, 0.25) is 0 Å². The Morgan fingerprint density at radius 1 is 0.810 bits per heavy atom. The largest absolute Gasteiger partial charge is 0.392 e. The van der Waals surface area contributed by atoms with E-state index in [0.717, 1.165) is 58.2 Å². The molecule has 0 radical (unpaired) electrons. The highest BCUT2D eigenvalue weighted by atomic mass is 16.7. The van der Waals surface area contributed by atoms with E-state index in [0.29, 0.717) is 37.0 Å². The van der Waals surface area contributed by atoms with Crippen molar-refractivity contribution in [2.45, 2.75) is 115 Å². The van der Waals surface area contributed by atoms with Gasteiger partial charge in [-0.05, 0) is 98.4 Å². The number of hydrogen-bond donors (Lipinski definition) is 3. The second-order valence-electron chi connectivity index (χ2n) is 17.2. The van der Waals surface area contributed by atoms with Crippen LogP contribution < -0.4 is 10.6 Å². The number of aromatic nitrogens is 2. The number of para-hydroxylation sites is 2. The molecule has 1 saturated carbocycles. The molecule has 0 spiro atoms. The van der Waals surface area contributed by atoms with Crippen molar-refractivity contribution in [1.29, 1.82) is 0 Å². The fraction of sp³-hybridized carbons (Fsp3) is 0.417. The van der Waals surface area contributed by atoms with E-state index in [1.807, 2.05) is 81.4 Å². The van der Waals surface area contributed by atoms with Gasteiger partial charge in [0.25, 0.3) is 5.91 Å². The number of carbonyl (C=O) groups is 2. The van der Waals surface area contributed by atoms with Crippen LogP contribution in [-0.4, -0.2) is 62.1 Å². The zero-order valence-corrected chi connectivity index (χ0v) is 33.8. The van der Waals surface area contributed by atoms with Crippen LogP contribution in [-0.2, 0) is 27.4 Å². The number of nitrogens with zero attached hydrogens (tertiary/aromatic N) is 3. The van der Waals surface area contributed by atoms with Gasteiger partial charge in [0.15, 0.2) is 6.29 Å². The van der Waals surface area contributed by atoms with E-state index >= 15 is 0 Å². The van der Waals surface area contributed by atoms with Crippen LogP contribution in [0.4, 0.5) is 0 Å². The molecule has 3 fully saturated rings. The third-order valence-corrected chi connectivity index (χ3v) is 11.9. The third-order valence-electron chi connectivity index (χ3n) is 11.9. The van der Waals surface area contributed by atoms with Gasteiger partial charge < -0.3 is 25.2 Å². The first-order valence-electron chi connectivity index (χ1n) is 20.9. The van der Waals surface area contributed by atoms with Crippen LogP contribution in [0.1, 0.15) is 111 Å². The fourth-order valence-corrected chi connectivity index (χ4v) is 9.03. The Labute approximate surface area is 341 Å². The van der Waals surface area contributed by atoms with Crippen molar-refractivity contribution < 1.29 is 24.2 Å². The predicted octanol–water partition coefficient (Wildman–Crippen LogP) is 8.20. The van der Waals surface area contributed by atoms with Crippen molar-refractivity contribution in [1.82, 2.24) is 25.5 Å². The van der Waals surface area contributed by atoms with Gasteiger partial charge in [-0.25, -0.2) is 4.98 Å². The highest BCUT2D eigenvalue weighted by Gasteiger charge is 2.44. The maximum Gasteiger partial charge on any atom is 0.271 e. The minimum Gasteiger partial charge on any atom is -0.392 e. The average molecular weight is 782 g/mol. The first kappa shape index (κ1) is 39.8. The molecule has 58 heavy (non-hydrogen) atoms. The first-order valence-corrected chi connectivity index (χ1v) is 20.9. The molecule has 1 aromatic heterocycles. The minimum absolute atomic E-state index is 0.0138. The van der Waals surface area contributed by atoms with Gasteiger partial charge in [0.05, 0.1) is 42.1 Å². The van der Waals surface area contributed by atoms with Crippen LogP contribution in [0.3, 0.4) is 0 Å². The molecule has 0 unspecified atom stereocenters. The van der Waals surface area contributed by atoms with Gasteiger partial charge in [-0.1, -0.05) is 91.7 Å². The molecule has 3 heterocycles. The highest BCUT2D eigenvalue weighted by Crippen LogP contribution is 2.42. The summed E-state index contributed by atoms with van der Waals surface area (Å²) in [5, 5.41) is 16.0. The molecule has 6 atom stereocenters. The van der Waals surface area contributed by atoms with Gasteiger partial charge in [-0.3, -0.25) is 19.5 Å². The quantitative estimate of drug-likeness (QED) is 0.130. The number of piperidine rings is 1. The number of ether oxygens (including phenoxy) is 2. The Balaban J connectivity index is 0.997. The van der Waals surface area contributed by atoms with Gasteiger partial charge in [0.1, 0.15) is 5.69 Å². The van der Waals surface area contributed by atoms with Gasteiger partial charge >= 0.3 is 0 Å². The van der Waals surface area contributed by atoms with Gasteiger partial charge in [0, 0.05) is 36.7 Å². The van der Waals surface area contributed by atoms with Crippen molar-refractivity contribution in [2.24, 2.45) is 5.92 Å². The van der Waals surface area contributed by atoms with E-state index < -0.39 is 6.29 Å². The molecule has 1 aliphatic carbocycles. The molecule has 3 aliphatic rings. The number of fused-ring (bicyclic) bond motifs is 2. The number of hydrogen-bond acceptors (Lipinski definition) is 8. The summed E-state index contributed by atoms with van der Waals surface area (Å²) in [5.41, 5.74) is 7.24. The van der Waals surface area contributed by atoms with Crippen LogP contribution in [0.5, 0.6) is 0 Å². The molecule has 10 heteroatoms. The predicted molar refractivity (Wildman–Crippen MR) is 224 cm³/mol. The summed E-state index contributed by atoms with van der Waals surface area (Å²) >= 11 is 0. The Morgan fingerprint density at radius 3 is 2.34 bits per heavy atom. The number of nitrogens with one attached hydrogen (secondary N) is 2. The van der Waals surface area contributed by atoms with E-state index in [4.69, 9.17) is 9.47 Å². The second-order valence-corrected chi connectivity index (χ2v) is 17.2. The van der Waals surface area contributed by atoms with Gasteiger partial charge in [-0.15, -0.1) is 0 Å². The molecule has 3 N–H and O–H groups in total. The van der Waals surface area contributed by atoms with E-state index in [1.54, 1.807) is 0 Å². The summed E-state index contributed by atoms with van der Waals surface area (Å²) in [7, 11) is 0. The molecular formula is C48H55N5O5. The number of benzene rings is 4. The van der Waals surface area contributed by atoms with E-state index in [2.05, 4.69) is 61.9 Å². The van der Waals surface area contributed by atoms with Crippen LogP contribution >= 0.6 is 0 Å². The molecule has 8 rings (SSSR count). The van der Waals surface area contributed by atoms with E-state index in [9.17, 15) is 14.7 Å². The molecule has 2 amide bonds. The van der Waals surface area contributed by atoms with Crippen molar-refractivity contribution in [2.75, 3.05) is 6.54 Å². The molecule has 2 aliphatic heterocycles. The monoisotopic (exact) mass is 781 g/mol. The van der Waals surface area contributed by atoms with Crippen molar-refractivity contribution in [3.63, 3.8) is 0 Å². The summed E-state index contributed by atoms with van der Waals surface area (Å²) in [6, 6.07) is 32.1. The lowest BCUT2D eigenvalue weighted by molar-refractivity contribution is -0.255. The average Bonchev–Trinajstić information content (AvgIpc) is 3.25. The lowest BCUT2D eigenvalue weighted by Crippen LogP contribution is -2.61. The number of rotatable bonds is 10. The summed E-state index contributed by atoms with van der Waals surface area (Å²) < 4.78 is 13.6. The number of amides is 2. The number of aliphatic hydroxyl groups is 1. The smallest absolute Gasteiger partial charge is 0.271 e. The van der Waals surface area contributed by atoms with E-state index in [1.165, 1.54) is 25.5 Å². The second kappa shape index (κ2) is 17.5. The molecule has 10 nitrogen and oxygen atoms in total. The fourth-order valence-electron chi connectivity index (χ4n) is 9.03. The Bertz CT molecular complexity index is 2200. The van der Waals surface area contributed by atoms with Crippen molar-refractivity contribution in [3.05, 3.63) is 131 Å². The highest BCUT2D eigenvalue weighted by molar-refractivity contribution is 5.93. The SMILES string of the molecule is CC(C)(C)NC(=O)[C@H]1CC[C@H]2CCCC[C@H]2N1C[C@H]1C[C@@H](c2ccc(CO)cc2)O[C@@H](c2ccc(-c3cccc(CNC(=O)c4cnc5ccccc5n4)c3)cc2)O1. The van der Waals surface area contributed by atoms with E-state index in [-0.39, 0.29) is 47.9 Å². The summed E-state index contributed by atoms with van der Waals surface area (Å²) in [4.78, 5) is 38.2. The molecule has 302 valence electrons. The Morgan fingerprint density at radius 2 is 1.57 bits per heavy atom. The van der Waals surface area contributed by atoms with Crippen molar-refractivity contribution >= 4 is 22.8 Å². The molecule has 2 saturated heterocycles. The Kier molecular flexibility index (Phi) is 12.0. The zero-order chi connectivity index (χ0) is 40.2. The molecule has 4 aromatic carbocycles. The van der Waals surface area contributed by atoms with Gasteiger partial charge in [0.2, 0.25) is 5.91 Å². The summed E-state index contributed by atoms with van der Waals surface area (Å²) in [6.07, 6.45) is 7.89. The first-order chi connectivity index (χ1) is 28.1.